The fourth-order valence-electron chi connectivity index (χ4n) is 3.38. The molecule has 0 aromatic rings. The average Bonchev–Trinajstić information content (AvgIpc) is 2.64. The molecule has 18 heavy (non-hydrogen) atoms. The van der Waals surface area contributed by atoms with Crippen LogP contribution in [-0.4, -0.2) is 11.9 Å². The summed E-state index contributed by atoms with van der Waals surface area (Å²) in [7, 11) is 0. The molecule has 2 rings (SSSR count). The van der Waals surface area contributed by atoms with Gasteiger partial charge in [0.05, 0.1) is 12.0 Å². The number of nitriles is 1. The van der Waals surface area contributed by atoms with Crippen molar-refractivity contribution in [3.05, 3.63) is 0 Å². The highest BCUT2D eigenvalue weighted by molar-refractivity contribution is 5.76. The fourth-order valence-corrected chi connectivity index (χ4v) is 3.38. The third-order valence-electron chi connectivity index (χ3n) is 4.48. The number of hydrogen-bond acceptors (Lipinski definition) is 2. The molecule has 0 aromatic carbocycles. The Morgan fingerprint density at radius 1 is 1.06 bits per heavy atom. The highest BCUT2D eigenvalue weighted by atomic mass is 16.1. The first-order valence-electron chi connectivity index (χ1n) is 7.48. The second-order valence-electron chi connectivity index (χ2n) is 5.90. The Hall–Kier alpha value is -1.04. The average molecular weight is 248 g/mol. The number of carbonyl (C=O) groups excluding carboxylic acids is 1. The van der Waals surface area contributed by atoms with Crippen molar-refractivity contribution in [2.75, 3.05) is 0 Å². The van der Waals surface area contributed by atoms with Crippen molar-refractivity contribution in [3.8, 4) is 6.07 Å². The van der Waals surface area contributed by atoms with Crippen LogP contribution in [-0.2, 0) is 4.79 Å². The number of nitrogens with zero attached hydrogens (tertiary/aromatic N) is 1. The van der Waals surface area contributed by atoms with Gasteiger partial charge in [-0.05, 0) is 38.0 Å². The van der Waals surface area contributed by atoms with E-state index in [2.05, 4.69) is 11.4 Å². The number of hydrogen-bond donors (Lipinski definition) is 1. The summed E-state index contributed by atoms with van der Waals surface area (Å²) in [6.07, 6.45) is 11.3. The molecule has 2 aliphatic carbocycles. The van der Waals surface area contributed by atoms with Crippen molar-refractivity contribution in [1.29, 1.82) is 5.26 Å². The molecule has 0 aromatic heterocycles. The van der Waals surface area contributed by atoms with Crippen LogP contribution in [0.15, 0.2) is 0 Å². The van der Waals surface area contributed by atoms with Gasteiger partial charge in [0.2, 0.25) is 5.91 Å². The summed E-state index contributed by atoms with van der Waals surface area (Å²) in [4.78, 5) is 12.0. The molecule has 2 fully saturated rings. The highest BCUT2D eigenvalue weighted by Crippen LogP contribution is 2.27. The molecule has 2 unspecified atom stereocenters. The van der Waals surface area contributed by atoms with Crippen molar-refractivity contribution >= 4 is 5.91 Å². The standard InChI is InChI=1S/C15H24N2O/c16-11-13-8-5-9-14(13)17-15(18)10-12-6-3-1-2-4-7-12/h12-14H,1-10H2,(H,17,18). The summed E-state index contributed by atoms with van der Waals surface area (Å²) in [6, 6.07) is 2.44. The molecule has 3 nitrogen and oxygen atoms in total. The largest absolute Gasteiger partial charge is 0.352 e. The lowest BCUT2D eigenvalue weighted by molar-refractivity contribution is -0.122. The predicted octanol–water partition coefficient (Wildman–Crippen LogP) is 3.16. The Morgan fingerprint density at radius 3 is 2.44 bits per heavy atom. The quantitative estimate of drug-likeness (QED) is 0.780. The van der Waals surface area contributed by atoms with E-state index in [4.69, 9.17) is 5.26 Å². The zero-order valence-electron chi connectivity index (χ0n) is 11.2. The lowest BCUT2D eigenvalue weighted by atomic mass is 9.96. The molecule has 0 bridgehead atoms. The number of nitrogens with one attached hydrogen (secondary N) is 1. The second kappa shape index (κ2) is 6.78. The first-order chi connectivity index (χ1) is 8.79. The van der Waals surface area contributed by atoms with Crippen molar-refractivity contribution in [2.24, 2.45) is 11.8 Å². The van der Waals surface area contributed by atoms with E-state index in [0.29, 0.717) is 12.3 Å². The summed E-state index contributed by atoms with van der Waals surface area (Å²) < 4.78 is 0. The first-order valence-corrected chi connectivity index (χ1v) is 7.48. The van der Waals surface area contributed by atoms with E-state index in [9.17, 15) is 4.79 Å². The van der Waals surface area contributed by atoms with Crippen molar-refractivity contribution in [2.45, 2.75) is 70.3 Å². The summed E-state index contributed by atoms with van der Waals surface area (Å²) >= 11 is 0. The third-order valence-corrected chi connectivity index (χ3v) is 4.48. The van der Waals surface area contributed by atoms with E-state index < -0.39 is 0 Å². The predicted molar refractivity (Wildman–Crippen MR) is 70.7 cm³/mol. The van der Waals surface area contributed by atoms with Gasteiger partial charge in [0.15, 0.2) is 0 Å². The van der Waals surface area contributed by atoms with E-state index in [1.54, 1.807) is 0 Å². The van der Waals surface area contributed by atoms with Crippen molar-refractivity contribution in [1.82, 2.24) is 5.32 Å². The summed E-state index contributed by atoms with van der Waals surface area (Å²) in [5.41, 5.74) is 0. The summed E-state index contributed by atoms with van der Waals surface area (Å²) in [5, 5.41) is 12.1. The fraction of sp³-hybridized carbons (Fsp3) is 0.867. The molecular weight excluding hydrogens is 224 g/mol. The molecule has 0 aliphatic heterocycles. The molecule has 0 heterocycles. The molecule has 1 N–H and O–H groups in total. The van der Waals surface area contributed by atoms with E-state index in [-0.39, 0.29) is 17.9 Å². The van der Waals surface area contributed by atoms with Gasteiger partial charge in [-0.3, -0.25) is 4.79 Å². The maximum atomic E-state index is 12.0. The van der Waals surface area contributed by atoms with E-state index in [0.717, 1.165) is 19.3 Å². The van der Waals surface area contributed by atoms with Gasteiger partial charge in [0.25, 0.3) is 0 Å². The second-order valence-corrected chi connectivity index (χ2v) is 5.90. The van der Waals surface area contributed by atoms with Crippen LogP contribution in [0, 0.1) is 23.2 Å². The van der Waals surface area contributed by atoms with Gasteiger partial charge in [-0.1, -0.05) is 25.7 Å². The highest BCUT2D eigenvalue weighted by Gasteiger charge is 2.28. The Morgan fingerprint density at radius 2 is 1.78 bits per heavy atom. The molecule has 2 saturated carbocycles. The lowest BCUT2D eigenvalue weighted by Crippen LogP contribution is -2.37. The Labute approximate surface area is 110 Å². The molecule has 1 amide bonds. The van der Waals surface area contributed by atoms with Gasteiger partial charge in [-0.2, -0.15) is 5.26 Å². The monoisotopic (exact) mass is 248 g/mol. The molecule has 0 radical (unpaired) electrons. The van der Waals surface area contributed by atoms with Crippen LogP contribution in [0.4, 0.5) is 0 Å². The summed E-state index contributed by atoms with van der Waals surface area (Å²) in [5.74, 6) is 0.798. The topological polar surface area (TPSA) is 52.9 Å². The number of rotatable bonds is 3. The number of carbonyl (C=O) groups is 1. The molecule has 0 saturated heterocycles. The van der Waals surface area contributed by atoms with Crippen molar-refractivity contribution in [3.63, 3.8) is 0 Å². The van der Waals surface area contributed by atoms with Gasteiger partial charge in [0, 0.05) is 12.5 Å². The zero-order chi connectivity index (χ0) is 12.8. The number of amides is 1. The first kappa shape index (κ1) is 13.4. The Kier molecular flexibility index (Phi) is 5.04. The van der Waals surface area contributed by atoms with Crippen LogP contribution in [0.3, 0.4) is 0 Å². The van der Waals surface area contributed by atoms with Crippen LogP contribution in [0.1, 0.15) is 64.2 Å². The Balaban J connectivity index is 1.75. The maximum absolute atomic E-state index is 12.0. The molecule has 3 heteroatoms. The molecule has 0 spiro atoms. The zero-order valence-corrected chi connectivity index (χ0v) is 11.2. The van der Waals surface area contributed by atoms with Gasteiger partial charge in [-0.25, -0.2) is 0 Å². The molecular formula is C15H24N2O. The van der Waals surface area contributed by atoms with Gasteiger partial charge in [0.1, 0.15) is 0 Å². The molecule has 100 valence electrons. The Bertz CT molecular complexity index is 313. The van der Waals surface area contributed by atoms with Gasteiger partial charge < -0.3 is 5.32 Å². The van der Waals surface area contributed by atoms with E-state index in [1.807, 2.05) is 0 Å². The van der Waals surface area contributed by atoms with Crippen LogP contribution < -0.4 is 5.32 Å². The minimum atomic E-state index is 0.0445. The lowest BCUT2D eigenvalue weighted by Gasteiger charge is -2.18. The minimum Gasteiger partial charge on any atom is -0.352 e. The van der Waals surface area contributed by atoms with Crippen LogP contribution >= 0.6 is 0 Å². The van der Waals surface area contributed by atoms with Gasteiger partial charge >= 0.3 is 0 Å². The van der Waals surface area contributed by atoms with Crippen LogP contribution in [0.25, 0.3) is 0 Å². The van der Waals surface area contributed by atoms with Crippen molar-refractivity contribution < 1.29 is 4.79 Å². The van der Waals surface area contributed by atoms with Crippen LogP contribution in [0.5, 0.6) is 0 Å². The maximum Gasteiger partial charge on any atom is 0.220 e. The molecule has 2 atom stereocenters. The SMILES string of the molecule is N#CC1CCCC1NC(=O)CC1CCCCCC1. The third kappa shape index (κ3) is 3.73. The normalized spacial score (nSPS) is 29.5. The minimum absolute atomic E-state index is 0.0445. The smallest absolute Gasteiger partial charge is 0.220 e. The van der Waals surface area contributed by atoms with Gasteiger partial charge in [-0.15, -0.1) is 0 Å². The van der Waals surface area contributed by atoms with Crippen LogP contribution in [0.2, 0.25) is 0 Å². The van der Waals surface area contributed by atoms with E-state index in [1.165, 1.54) is 38.5 Å². The van der Waals surface area contributed by atoms with E-state index >= 15 is 0 Å². The summed E-state index contributed by atoms with van der Waals surface area (Å²) in [6.45, 7) is 0. The molecule has 2 aliphatic rings.